The molecule has 0 N–H and O–H groups in total. The van der Waals surface area contributed by atoms with Gasteiger partial charge < -0.3 is 9.47 Å². The normalized spacial score (nSPS) is 14.3. The molecule has 1 aromatic rings. The molecule has 20 heavy (non-hydrogen) atoms. The number of methoxy groups -OCH3 is 1. The van der Waals surface area contributed by atoms with E-state index in [-0.39, 0.29) is 6.10 Å². The second-order valence-electron chi connectivity index (χ2n) is 4.37. The Hall–Kier alpha value is -2.05. The SMILES string of the molecule is C=CC[C@H](C)OC(=O)[C@@](C#CC)(OC)c1ccccc1. The Morgan fingerprint density at radius 3 is 2.60 bits per heavy atom. The third-order valence-electron chi connectivity index (χ3n) is 2.88. The van der Waals surface area contributed by atoms with Gasteiger partial charge in [0.05, 0.1) is 0 Å². The van der Waals surface area contributed by atoms with Gasteiger partial charge in [0.25, 0.3) is 5.60 Å². The first-order chi connectivity index (χ1) is 9.60. The number of benzene rings is 1. The predicted octanol–water partition coefficient (Wildman–Crippen LogP) is 3.06. The largest absolute Gasteiger partial charge is 0.459 e. The third kappa shape index (κ3) is 3.49. The van der Waals surface area contributed by atoms with Gasteiger partial charge in [-0.05, 0) is 13.8 Å². The van der Waals surface area contributed by atoms with Gasteiger partial charge in [0, 0.05) is 19.1 Å². The number of hydrogen-bond acceptors (Lipinski definition) is 3. The molecule has 0 radical (unpaired) electrons. The van der Waals surface area contributed by atoms with Gasteiger partial charge in [0.2, 0.25) is 0 Å². The third-order valence-corrected chi connectivity index (χ3v) is 2.88. The maximum atomic E-state index is 12.5. The molecule has 106 valence electrons. The van der Waals surface area contributed by atoms with Gasteiger partial charge in [-0.25, -0.2) is 4.79 Å². The zero-order valence-corrected chi connectivity index (χ0v) is 12.2. The Morgan fingerprint density at radius 2 is 2.10 bits per heavy atom. The average Bonchev–Trinajstić information content (AvgIpc) is 2.45. The standard InChI is InChI=1S/C17H20O3/c1-5-10-14(3)20-16(18)17(19-4,13-6-2)15-11-8-7-9-12-15/h5,7-9,11-12,14H,1,10H2,2-4H3/t14-,17-/m0/s1. The fourth-order valence-electron chi connectivity index (χ4n) is 1.89. The van der Waals surface area contributed by atoms with Crippen molar-refractivity contribution in [2.24, 2.45) is 0 Å². The van der Waals surface area contributed by atoms with Crippen LogP contribution in [0.25, 0.3) is 0 Å². The van der Waals surface area contributed by atoms with Crippen molar-refractivity contribution < 1.29 is 14.3 Å². The van der Waals surface area contributed by atoms with Crippen LogP contribution in [0.1, 0.15) is 25.8 Å². The van der Waals surface area contributed by atoms with E-state index in [9.17, 15) is 4.79 Å². The van der Waals surface area contributed by atoms with Gasteiger partial charge in [-0.1, -0.05) is 42.3 Å². The second kappa shape index (κ2) is 7.52. The van der Waals surface area contributed by atoms with Crippen LogP contribution >= 0.6 is 0 Å². The first-order valence-electron chi connectivity index (χ1n) is 6.47. The molecule has 0 aromatic heterocycles. The summed E-state index contributed by atoms with van der Waals surface area (Å²) in [6, 6.07) is 9.14. The Morgan fingerprint density at radius 1 is 1.45 bits per heavy atom. The summed E-state index contributed by atoms with van der Waals surface area (Å²) in [7, 11) is 1.46. The molecule has 0 unspecified atom stereocenters. The molecule has 0 amide bonds. The molecule has 0 aliphatic heterocycles. The molecule has 3 nitrogen and oxygen atoms in total. The van der Waals surface area contributed by atoms with E-state index in [1.807, 2.05) is 25.1 Å². The van der Waals surface area contributed by atoms with Gasteiger partial charge in [-0.15, -0.1) is 12.5 Å². The lowest BCUT2D eigenvalue weighted by Gasteiger charge is -2.27. The highest BCUT2D eigenvalue weighted by Crippen LogP contribution is 2.27. The summed E-state index contributed by atoms with van der Waals surface area (Å²) in [5.41, 5.74) is -0.724. The quantitative estimate of drug-likeness (QED) is 0.453. The summed E-state index contributed by atoms with van der Waals surface area (Å²) in [5, 5.41) is 0. The molecule has 0 heterocycles. The van der Waals surface area contributed by atoms with Crippen molar-refractivity contribution >= 4 is 5.97 Å². The molecule has 0 spiro atoms. The van der Waals surface area contributed by atoms with E-state index in [1.165, 1.54) is 7.11 Å². The van der Waals surface area contributed by atoms with Crippen molar-refractivity contribution in [3.8, 4) is 11.8 Å². The van der Waals surface area contributed by atoms with Crippen LogP contribution in [-0.4, -0.2) is 19.2 Å². The van der Waals surface area contributed by atoms with Gasteiger partial charge in [-0.2, -0.15) is 0 Å². The van der Waals surface area contributed by atoms with Crippen LogP contribution in [-0.2, 0) is 19.9 Å². The molecular weight excluding hydrogens is 252 g/mol. The summed E-state index contributed by atoms with van der Waals surface area (Å²) in [4.78, 5) is 12.5. The van der Waals surface area contributed by atoms with Crippen LogP contribution in [0.15, 0.2) is 43.0 Å². The molecule has 2 atom stereocenters. The van der Waals surface area contributed by atoms with Crippen molar-refractivity contribution in [1.82, 2.24) is 0 Å². The van der Waals surface area contributed by atoms with E-state index in [0.717, 1.165) is 0 Å². The summed E-state index contributed by atoms with van der Waals surface area (Å²) in [5.74, 6) is 5.08. The van der Waals surface area contributed by atoms with Crippen LogP contribution in [0.3, 0.4) is 0 Å². The second-order valence-corrected chi connectivity index (χ2v) is 4.37. The summed E-state index contributed by atoms with van der Waals surface area (Å²) >= 11 is 0. The van der Waals surface area contributed by atoms with Gasteiger partial charge in [0.15, 0.2) is 0 Å². The Balaban J connectivity index is 3.14. The number of ether oxygens (including phenoxy) is 2. The molecular formula is C17H20O3. The van der Waals surface area contributed by atoms with Crippen LogP contribution < -0.4 is 0 Å². The van der Waals surface area contributed by atoms with E-state index in [4.69, 9.17) is 9.47 Å². The van der Waals surface area contributed by atoms with E-state index in [1.54, 1.807) is 25.1 Å². The molecule has 0 fully saturated rings. The number of rotatable bonds is 6. The van der Waals surface area contributed by atoms with Crippen molar-refractivity contribution in [3.63, 3.8) is 0 Å². The van der Waals surface area contributed by atoms with Crippen LogP contribution in [0.4, 0.5) is 0 Å². The van der Waals surface area contributed by atoms with Crippen LogP contribution in [0.2, 0.25) is 0 Å². The number of carbonyl (C=O) groups excluding carboxylic acids is 1. The van der Waals surface area contributed by atoms with E-state index < -0.39 is 11.6 Å². The Bertz CT molecular complexity index is 510. The summed E-state index contributed by atoms with van der Waals surface area (Å²) < 4.78 is 10.8. The minimum Gasteiger partial charge on any atom is -0.459 e. The van der Waals surface area contributed by atoms with Gasteiger partial charge in [-0.3, -0.25) is 0 Å². The highest BCUT2D eigenvalue weighted by Gasteiger charge is 2.41. The number of carbonyl (C=O) groups is 1. The minimum atomic E-state index is -1.38. The molecule has 0 aliphatic carbocycles. The Kier molecular flexibility index (Phi) is 6.02. The monoisotopic (exact) mass is 272 g/mol. The Labute approximate surface area is 120 Å². The van der Waals surface area contributed by atoms with E-state index in [0.29, 0.717) is 12.0 Å². The first kappa shape index (κ1) is 16.0. The van der Waals surface area contributed by atoms with Crippen molar-refractivity contribution in [2.45, 2.75) is 32.0 Å². The van der Waals surface area contributed by atoms with Crippen LogP contribution in [0.5, 0.6) is 0 Å². The molecule has 0 saturated heterocycles. The maximum absolute atomic E-state index is 12.5. The number of hydrogen-bond donors (Lipinski definition) is 0. The summed E-state index contributed by atoms with van der Waals surface area (Å²) in [6.07, 6.45) is 2.03. The van der Waals surface area contributed by atoms with E-state index >= 15 is 0 Å². The smallest absolute Gasteiger partial charge is 0.356 e. The van der Waals surface area contributed by atoms with Gasteiger partial charge in [0.1, 0.15) is 6.10 Å². The molecule has 1 rings (SSSR count). The lowest BCUT2D eigenvalue weighted by molar-refractivity contribution is -0.168. The zero-order valence-electron chi connectivity index (χ0n) is 12.2. The fourth-order valence-corrected chi connectivity index (χ4v) is 1.89. The van der Waals surface area contributed by atoms with E-state index in [2.05, 4.69) is 18.4 Å². The topological polar surface area (TPSA) is 35.5 Å². The molecule has 3 heteroatoms. The molecule has 1 aromatic carbocycles. The molecule has 0 bridgehead atoms. The fraction of sp³-hybridized carbons (Fsp3) is 0.353. The lowest BCUT2D eigenvalue weighted by Crippen LogP contribution is -2.39. The van der Waals surface area contributed by atoms with Crippen molar-refractivity contribution in [3.05, 3.63) is 48.6 Å². The van der Waals surface area contributed by atoms with Gasteiger partial charge >= 0.3 is 5.97 Å². The highest BCUT2D eigenvalue weighted by molar-refractivity contribution is 5.85. The number of esters is 1. The highest BCUT2D eigenvalue weighted by atomic mass is 16.6. The molecule has 0 saturated carbocycles. The maximum Gasteiger partial charge on any atom is 0.356 e. The van der Waals surface area contributed by atoms with Crippen molar-refractivity contribution in [1.29, 1.82) is 0 Å². The minimum absolute atomic E-state index is 0.267. The first-order valence-corrected chi connectivity index (χ1v) is 6.47. The zero-order chi connectivity index (χ0) is 15.0. The van der Waals surface area contributed by atoms with Crippen LogP contribution in [0, 0.1) is 11.8 Å². The predicted molar refractivity (Wildman–Crippen MR) is 78.9 cm³/mol. The molecule has 0 aliphatic rings. The lowest BCUT2D eigenvalue weighted by atomic mass is 9.94. The average molecular weight is 272 g/mol. The van der Waals surface area contributed by atoms with Crippen molar-refractivity contribution in [2.75, 3.05) is 7.11 Å². The summed E-state index contributed by atoms with van der Waals surface area (Å²) in [6.45, 7) is 7.11.